The molecule has 0 saturated carbocycles. The predicted octanol–water partition coefficient (Wildman–Crippen LogP) is 3.23. The SMILES string of the molecule is CC(C)[C@H](NC(=O)Cc1csc(-c2ccc(Cl)cc2)n1)C(=O)O. The number of benzene rings is 1. The number of halogens is 1. The molecule has 5 nitrogen and oxygen atoms in total. The molecule has 1 amide bonds. The van der Waals surface area contributed by atoms with Crippen LogP contribution in [0.4, 0.5) is 0 Å². The molecule has 7 heteroatoms. The summed E-state index contributed by atoms with van der Waals surface area (Å²) in [6.07, 6.45) is 0.0561. The van der Waals surface area contributed by atoms with Gasteiger partial charge in [-0.2, -0.15) is 0 Å². The third-order valence-corrected chi connectivity index (χ3v) is 4.43. The molecule has 0 aliphatic rings. The van der Waals surface area contributed by atoms with Crippen molar-refractivity contribution >= 4 is 34.8 Å². The van der Waals surface area contributed by atoms with Gasteiger partial charge in [-0.1, -0.05) is 37.6 Å². The van der Waals surface area contributed by atoms with Crippen LogP contribution in [0.5, 0.6) is 0 Å². The minimum absolute atomic E-state index is 0.0561. The van der Waals surface area contributed by atoms with E-state index in [2.05, 4.69) is 10.3 Å². The van der Waals surface area contributed by atoms with Crippen molar-refractivity contribution in [2.45, 2.75) is 26.3 Å². The average Bonchev–Trinajstić information content (AvgIpc) is 2.93. The lowest BCUT2D eigenvalue weighted by molar-refractivity contribution is -0.143. The van der Waals surface area contributed by atoms with E-state index in [1.165, 1.54) is 11.3 Å². The number of carboxylic acid groups (broad SMARTS) is 1. The number of carbonyl (C=O) groups is 2. The smallest absolute Gasteiger partial charge is 0.326 e. The molecule has 1 heterocycles. The first kappa shape index (κ1) is 17.4. The van der Waals surface area contributed by atoms with Crippen LogP contribution in [0, 0.1) is 5.92 Å². The van der Waals surface area contributed by atoms with Gasteiger partial charge in [-0.3, -0.25) is 4.79 Å². The highest BCUT2D eigenvalue weighted by Gasteiger charge is 2.23. The summed E-state index contributed by atoms with van der Waals surface area (Å²) in [5.74, 6) is -1.57. The van der Waals surface area contributed by atoms with Gasteiger partial charge in [-0.05, 0) is 18.1 Å². The van der Waals surface area contributed by atoms with E-state index in [1.807, 2.05) is 12.1 Å². The van der Waals surface area contributed by atoms with Crippen LogP contribution >= 0.6 is 22.9 Å². The van der Waals surface area contributed by atoms with Crippen LogP contribution in [-0.4, -0.2) is 28.0 Å². The fourth-order valence-electron chi connectivity index (χ4n) is 2.02. The zero-order chi connectivity index (χ0) is 17.0. The number of hydrogen-bond acceptors (Lipinski definition) is 4. The molecule has 0 aliphatic carbocycles. The van der Waals surface area contributed by atoms with E-state index in [4.69, 9.17) is 16.7 Å². The maximum absolute atomic E-state index is 12.0. The van der Waals surface area contributed by atoms with Crippen molar-refractivity contribution in [3.8, 4) is 10.6 Å². The van der Waals surface area contributed by atoms with Gasteiger partial charge < -0.3 is 10.4 Å². The number of nitrogens with one attached hydrogen (secondary N) is 1. The second-order valence-corrected chi connectivity index (χ2v) is 6.75. The molecule has 2 aromatic rings. The maximum atomic E-state index is 12.0. The summed E-state index contributed by atoms with van der Waals surface area (Å²) in [6.45, 7) is 3.50. The van der Waals surface area contributed by atoms with E-state index in [0.29, 0.717) is 10.7 Å². The van der Waals surface area contributed by atoms with Gasteiger partial charge in [0.1, 0.15) is 11.0 Å². The van der Waals surface area contributed by atoms with Gasteiger partial charge in [0, 0.05) is 16.0 Å². The second-order valence-electron chi connectivity index (χ2n) is 5.46. The minimum Gasteiger partial charge on any atom is -0.480 e. The highest BCUT2D eigenvalue weighted by Crippen LogP contribution is 2.25. The maximum Gasteiger partial charge on any atom is 0.326 e. The Kier molecular flexibility index (Phi) is 5.74. The van der Waals surface area contributed by atoms with Crippen LogP contribution in [0.3, 0.4) is 0 Å². The normalized spacial score (nSPS) is 12.2. The van der Waals surface area contributed by atoms with Crippen molar-refractivity contribution in [2.75, 3.05) is 0 Å². The molecule has 2 rings (SSSR count). The number of aliphatic carboxylic acids is 1. The fraction of sp³-hybridized carbons (Fsp3) is 0.312. The van der Waals surface area contributed by atoms with Gasteiger partial charge in [-0.25, -0.2) is 9.78 Å². The molecule has 1 atom stereocenters. The zero-order valence-corrected chi connectivity index (χ0v) is 14.3. The molecule has 0 fully saturated rings. The molecule has 1 aromatic heterocycles. The van der Waals surface area contributed by atoms with E-state index >= 15 is 0 Å². The summed E-state index contributed by atoms with van der Waals surface area (Å²) in [6, 6.07) is 6.40. The first-order valence-electron chi connectivity index (χ1n) is 7.09. The van der Waals surface area contributed by atoms with Crippen LogP contribution in [0.2, 0.25) is 5.02 Å². The van der Waals surface area contributed by atoms with Gasteiger partial charge >= 0.3 is 5.97 Å². The van der Waals surface area contributed by atoms with E-state index in [0.717, 1.165) is 10.6 Å². The van der Waals surface area contributed by atoms with Crippen molar-refractivity contribution in [1.82, 2.24) is 10.3 Å². The van der Waals surface area contributed by atoms with Gasteiger partial charge in [-0.15, -0.1) is 11.3 Å². The van der Waals surface area contributed by atoms with Crippen LogP contribution in [0.15, 0.2) is 29.6 Å². The van der Waals surface area contributed by atoms with E-state index in [9.17, 15) is 9.59 Å². The Morgan fingerprint density at radius 2 is 1.96 bits per heavy atom. The Bertz CT molecular complexity index is 698. The second kappa shape index (κ2) is 7.57. The number of thiazole rings is 1. The van der Waals surface area contributed by atoms with Crippen molar-refractivity contribution in [3.63, 3.8) is 0 Å². The topological polar surface area (TPSA) is 79.3 Å². The summed E-state index contributed by atoms with van der Waals surface area (Å²) < 4.78 is 0. The number of hydrogen-bond donors (Lipinski definition) is 2. The third-order valence-electron chi connectivity index (χ3n) is 3.23. The summed E-state index contributed by atoms with van der Waals surface area (Å²) in [5, 5.41) is 14.9. The lowest BCUT2D eigenvalue weighted by Gasteiger charge is -2.17. The van der Waals surface area contributed by atoms with Crippen LogP contribution < -0.4 is 5.32 Å². The van der Waals surface area contributed by atoms with Crippen molar-refractivity contribution in [1.29, 1.82) is 0 Å². The molecular weight excluding hydrogens is 336 g/mol. The minimum atomic E-state index is -1.03. The molecule has 122 valence electrons. The van der Waals surface area contributed by atoms with Gasteiger partial charge in [0.25, 0.3) is 0 Å². The zero-order valence-electron chi connectivity index (χ0n) is 12.7. The first-order valence-corrected chi connectivity index (χ1v) is 8.35. The third kappa shape index (κ3) is 4.77. The summed E-state index contributed by atoms with van der Waals surface area (Å²) >= 11 is 7.29. The molecule has 0 aliphatic heterocycles. The van der Waals surface area contributed by atoms with Gasteiger partial charge in [0.2, 0.25) is 5.91 Å². The van der Waals surface area contributed by atoms with E-state index < -0.39 is 12.0 Å². The number of aromatic nitrogens is 1. The summed E-state index contributed by atoms with van der Waals surface area (Å²) in [4.78, 5) is 27.5. The Labute approximate surface area is 143 Å². The molecule has 0 saturated heterocycles. The average molecular weight is 353 g/mol. The fourth-order valence-corrected chi connectivity index (χ4v) is 2.97. The molecule has 2 N–H and O–H groups in total. The summed E-state index contributed by atoms with van der Waals surface area (Å²) in [7, 11) is 0. The Hall–Kier alpha value is -1.92. The van der Waals surface area contributed by atoms with Gasteiger partial charge in [0.15, 0.2) is 0 Å². The predicted molar refractivity (Wildman–Crippen MR) is 90.7 cm³/mol. The largest absolute Gasteiger partial charge is 0.480 e. The standard InChI is InChI=1S/C16H17ClN2O3S/c1-9(2)14(16(21)22)19-13(20)7-12-8-23-15(18-12)10-3-5-11(17)6-4-10/h3-6,8-9,14H,7H2,1-2H3,(H,19,20)(H,21,22)/t14-/m0/s1. The summed E-state index contributed by atoms with van der Waals surface area (Å²) in [5.41, 5.74) is 1.54. The highest BCUT2D eigenvalue weighted by molar-refractivity contribution is 7.13. The molecule has 0 bridgehead atoms. The molecule has 0 radical (unpaired) electrons. The van der Waals surface area contributed by atoms with E-state index in [1.54, 1.807) is 31.4 Å². The monoisotopic (exact) mass is 352 g/mol. The highest BCUT2D eigenvalue weighted by atomic mass is 35.5. The molecule has 23 heavy (non-hydrogen) atoms. The van der Waals surface area contributed by atoms with Crippen molar-refractivity contribution in [3.05, 3.63) is 40.4 Å². The molecule has 0 unspecified atom stereocenters. The van der Waals surface area contributed by atoms with Crippen LogP contribution in [0.25, 0.3) is 10.6 Å². The lowest BCUT2D eigenvalue weighted by Crippen LogP contribution is -2.44. The molecular formula is C16H17ClN2O3S. The van der Waals surface area contributed by atoms with Crippen molar-refractivity contribution < 1.29 is 14.7 Å². The van der Waals surface area contributed by atoms with Gasteiger partial charge in [0.05, 0.1) is 12.1 Å². The first-order chi connectivity index (χ1) is 10.9. The van der Waals surface area contributed by atoms with Crippen LogP contribution in [0.1, 0.15) is 19.5 Å². The quantitative estimate of drug-likeness (QED) is 0.836. The Morgan fingerprint density at radius 3 is 2.52 bits per heavy atom. The number of carbonyl (C=O) groups excluding carboxylic acids is 1. The van der Waals surface area contributed by atoms with Crippen molar-refractivity contribution in [2.24, 2.45) is 5.92 Å². The Balaban J connectivity index is 2.02. The number of carboxylic acids is 1. The number of amides is 1. The van der Waals surface area contributed by atoms with Crippen LogP contribution in [-0.2, 0) is 16.0 Å². The van der Waals surface area contributed by atoms with E-state index in [-0.39, 0.29) is 18.2 Å². The molecule has 1 aromatic carbocycles. The Morgan fingerprint density at radius 1 is 1.30 bits per heavy atom. The molecule has 0 spiro atoms. The number of rotatable bonds is 6. The lowest BCUT2D eigenvalue weighted by atomic mass is 10.0. The number of nitrogens with zero attached hydrogens (tertiary/aromatic N) is 1.